The van der Waals surface area contributed by atoms with Crippen molar-refractivity contribution in [2.75, 3.05) is 6.54 Å². The Morgan fingerprint density at radius 1 is 1.21 bits per heavy atom. The largest absolute Gasteiger partial charge is 0.491 e. The Bertz CT molecular complexity index is 750. The lowest BCUT2D eigenvalue weighted by molar-refractivity contribution is -0.143. The average molecular weight is 325 g/mol. The highest BCUT2D eigenvalue weighted by molar-refractivity contribution is 6.61. The van der Waals surface area contributed by atoms with E-state index in [4.69, 9.17) is 9.39 Å². The van der Waals surface area contributed by atoms with Crippen LogP contribution in [0.4, 0.5) is 0 Å². The van der Waals surface area contributed by atoms with Gasteiger partial charge in [0, 0.05) is 5.56 Å². The van der Waals surface area contributed by atoms with Gasteiger partial charge in [-0.15, -0.1) is 0 Å². The van der Waals surface area contributed by atoms with Crippen LogP contribution in [-0.2, 0) is 27.4 Å². The van der Waals surface area contributed by atoms with Gasteiger partial charge in [-0.05, 0) is 28.7 Å². The van der Waals surface area contributed by atoms with Gasteiger partial charge in [0.15, 0.2) is 0 Å². The zero-order valence-corrected chi connectivity index (χ0v) is 12.9. The summed E-state index contributed by atoms with van der Waals surface area (Å²) in [5.74, 6) is -0.926. The van der Waals surface area contributed by atoms with E-state index in [0.29, 0.717) is 17.6 Å². The Labute approximate surface area is 139 Å². The predicted molar refractivity (Wildman–Crippen MR) is 87.4 cm³/mol. The molecule has 2 aromatic rings. The number of carbonyl (C=O) groups is 2. The van der Waals surface area contributed by atoms with Crippen LogP contribution >= 0.6 is 0 Å². The van der Waals surface area contributed by atoms with Crippen molar-refractivity contribution in [3.8, 4) is 0 Å². The molecule has 0 spiro atoms. The normalized spacial score (nSPS) is 12.6. The van der Waals surface area contributed by atoms with Crippen molar-refractivity contribution in [1.82, 2.24) is 5.32 Å². The Balaban J connectivity index is 1.50. The number of amides is 1. The minimum Gasteiger partial charge on any atom is -0.460 e. The van der Waals surface area contributed by atoms with Crippen molar-refractivity contribution < 1.29 is 24.0 Å². The molecule has 0 radical (unpaired) electrons. The number of rotatable bonds is 5. The van der Waals surface area contributed by atoms with Gasteiger partial charge in [0.1, 0.15) is 13.2 Å². The summed E-state index contributed by atoms with van der Waals surface area (Å²) >= 11 is 0. The van der Waals surface area contributed by atoms with Gasteiger partial charge in [-0.3, -0.25) is 9.59 Å². The van der Waals surface area contributed by atoms with Crippen LogP contribution in [0, 0.1) is 0 Å². The number of hydrogen-bond acceptors (Lipinski definition) is 5. The highest BCUT2D eigenvalue weighted by Crippen LogP contribution is 2.11. The standard InChI is InChI=1S/C17H16BNO5/c20-16(23-10-12-4-2-1-3-5-12)9-19-17(21)13-6-7-14-11-24-18(22)15(14)8-13/h1-8,22H,9-11H2,(H,19,21). The number of esters is 1. The molecule has 1 amide bonds. The fourth-order valence-electron chi connectivity index (χ4n) is 2.40. The molecule has 0 saturated heterocycles. The van der Waals surface area contributed by atoms with Crippen molar-refractivity contribution in [2.24, 2.45) is 0 Å². The first-order valence-corrected chi connectivity index (χ1v) is 7.54. The van der Waals surface area contributed by atoms with Crippen LogP contribution in [0.2, 0.25) is 0 Å². The summed E-state index contributed by atoms with van der Waals surface area (Å²) in [6.07, 6.45) is 0. The fraction of sp³-hybridized carbons (Fsp3) is 0.176. The van der Waals surface area contributed by atoms with E-state index in [9.17, 15) is 14.6 Å². The van der Waals surface area contributed by atoms with E-state index in [1.807, 2.05) is 30.3 Å². The molecule has 0 saturated carbocycles. The van der Waals surface area contributed by atoms with Crippen molar-refractivity contribution in [2.45, 2.75) is 13.2 Å². The quantitative estimate of drug-likeness (QED) is 0.613. The Morgan fingerprint density at radius 3 is 2.79 bits per heavy atom. The summed E-state index contributed by atoms with van der Waals surface area (Å²) in [6.45, 7) is 0.268. The van der Waals surface area contributed by atoms with Crippen molar-refractivity contribution in [3.05, 3.63) is 65.2 Å². The van der Waals surface area contributed by atoms with Crippen LogP contribution in [0.3, 0.4) is 0 Å². The second kappa shape index (κ2) is 7.29. The highest BCUT2D eigenvalue weighted by atomic mass is 16.5. The minimum absolute atomic E-state index is 0.165. The maximum Gasteiger partial charge on any atom is 0.491 e. The van der Waals surface area contributed by atoms with E-state index < -0.39 is 19.0 Å². The van der Waals surface area contributed by atoms with E-state index >= 15 is 0 Å². The maximum atomic E-state index is 12.1. The van der Waals surface area contributed by atoms with Crippen LogP contribution in [0.15, 0.2) is 48.5 Å². The molecule has 0 fully saturated rings. The number of fused-ring (bicyclic) bond motifs is 1. The molecule has 122 valence electrons. The summed E-state index contributed by atoms with van der Waals surface area (Å²) in [5.41, 5.74) is 2.66. The Hall–Kier alpha value is -2.64. The van der Waals surface area contributed by atoms with E-state index in [-0.39, 0.29) is 13.2 Å². The van der Waals surface area contributed by atoms with Gasteiger partial charge in [-0.25, -0.2) is 0 Å². The van der Waals surface area contributed by atoms with Gasteiger partial charge in [0.25, 0.3) is 5.91 Å². The van der Waals surface area contributed by atoms with Crippen molar-refractivity contribution in [3.63, 3.8) is 0 Å². The van der Waals surface area contributed by atoms with Crippen LogP contribution in [0.25, 0.3) is 0 Å². The highest BCUT2D eigenvalue weighted by Gasteiger charge is 2.28. The molecule has 2 aromatic carbocycles. The number of nitrogens with one attached hydrogen (secondary N) is 1. The molecule has 0 atom stereocenters. The smallest absolute Gasteiger partial charge is 0.460 e. The summed E-state index contributed by atoms with van der Waals surface area (Å²) < 4.78 is 10.2. The topological polar surface area (TPSA) is 84.9 Å². The molecule has 1 aliphatic heterocycles. The molecular weight excluding hydrogens is 309 g/mol. The van der Waals surface area contributed by atoms with Gasteiger partial charge in [0.2, 0.25) is 0 Å². The van der Waals surface area contributed by atoms with E-state index in [1.165, 1.54) is 0 Å². The van der Waals surface area contributed by atoms with Crippen molar-refractivity contribution in [1.29, 1.82) is 0 Å². The summed E-state index contributed by atoms with van der Waals surface area (Å²) in [5, 5.41) is 12.2. The van der Waals surface area contributed by atoms with Crippen LogP contribution in [0.1, 0.15) is 21.5 Å². The van der Waals surface area contributed by atoms with E-state index in [1.54, 1.807) is 18.2 Å². The summed E-state index contributed by atoms with van der Waals surface area (Å²) in [4.78, 5) is 23.8. The molecule has 0 bridgehead atoms. The van der Waals surface area contributed by atoms with Crippen LogP contribution in [-0.4, -0.2) is 30.6 Å². The lowest BCUT2D eigenvalue weighted by Crippen LogP contribution is -2.33. The molecule has 2 N–H and O–H groups in total. The third-order valence-corrected chi connectivity index (χ3v) is 3.71. The monoisotopic (exact) mass is 325 g/mol. The number of benzene rings is 2. The van der Waals surface area contributed by atoms with Gasteiger partial charge >= 0.3 is 13.1 Å². The van der Waals surface area contributed by atoms with E-state index in [0.717, 1.165) is 11.1 Å². The molecule has 24 heavy (non-hydrogen) atoms. The van der Waals surface area contributed by atoms with E-state index in [2.05, 4.69) is 5.32 Å². The minimum atomic E-state index is -1.01. The molecule has 1 heterocycles. The molecule has 1 aliphatic rings. The SMILES string of the molecule is O=C(CNC(=O)c1ccc2c(c1)B(O)OC2)OCc1ccccc1. The third kappa shape index (κ3) is 3.82. The van der Waals surface area contributed by atoms with Gasteiger partial charge in [-0.1, -0.05) is 36.4 Å². The average Bonchev–Trinajstić information content (AvgIpc) is 2.99. The summed E-state index contributed by atoms with van der Waals surface area (Å²) in [7, 11) is -1.01. The second-order valence-electron chi connectivity index (χ2n) is 5.41. The fourth-order valence-corrected chi connectivity index (χ4v) is 2.40. The summed E-state index contributed by atoms with van der Waals surface area (Å²) in [6, 6.07) is 14.2. The first kappa shape index (κ1) is 16.2. The number of ether oxygens (including phenoxy) is 1. The van der Waals surface area contributed by atoms with Crippen LogP contribution < -0.4 is 10.8 Å². The lowest BCUT2D eigenvalue weighted by Gasteiger charge is -2.08. The third-order valence-electron chi connectivity index (χ3n) is 3.71. The molecular formula is C17H16BNO5. The Kier molecular flexibility index (Phi) is 4.93. The second-order valence-corrected chi connectivity index (χ2v) is 5.41. The van der Waals surface area contributed by atoms with Crippen LogP contribution in [0.5, 0.6) is 0 Å². The number of hydrogen-bond donors (Lipinski definition) is 2. The number of carbonyl (C=O) groups excluding carboxylic acids is 2. The molecule has 0 aliphatic carbocycles. The lowest BCUT2D eigenvalue weighted by atomic mass is 9.79. The van der Waals surface area contributed by atoms with Gasteiger partial charge < -0.3 is 19.7 Å². The predicted octanol–water partition coefficient (Wildman–Crippen LogP) is 0.377. The van der Waals surface area contributed by atoms with Crippen molar-refractivity contribution >= 4 is 24.5 Å². The van der Waals surface area contributed by atoms with Gasteiger partial charge in [0.05, 0.1) is 6.61 Å². The Morgan fingerprint density at radius 2 is 2.00 bits per heavy atom. The zero-order chi connectivity index (χ0) is 16.9. The maximum absolute atomic E-state index is 12.1. The first-order chi connectivity index (χ1) is 11.6. The molecule has 7 heteroatoms. The molecule has 0 unspecified atom stereocenters. The molecule has 6 nitrogen and oxygen atoms in total. The molecule has 0 aromatic heterocycles. The first-order valence-electron chi connectivity index (χ1n) is 7.54. The zero-order valence-electron chi connectivity index (χ0n) is 12.9. The van der Waals surface area contributed by atoms with Gasteiger partial charge in [-0.2, -0.15) is 0 Å². The molecule has 3 rings (SSSR count).